The maximum atomic E-state index is 9.28. The van der Waals surface area contributed by atoms with E-state index in [1.165, 1.54) is 45.2 Å². The number of nitrogens with zero attached hydrogens (tertiary/aromatic N) is 1. The zero-order valence-corrected chi connectivity index (χ0v) is 9.71. The van der Waals surface area contributed by atoms with E-state index in [0.29, 0.717) is 0 Å². The molecule has 0 radical (unpaired) electrons. The van der Waals surface area contributed by atoms with E-state index in [9.17, 15) is 5.11 Å². The number of likely N-dealkylation sites (tertiary alicyclic amines) is 1. The summed E-state index contributed by atoms with van der Waals surface area (Å²) in [7, 11) is 0. The predicted octanol–water partition coefficient (Wildman–Crippen LogP) is 2.41. The number of piperidine rings is 1. The lowest BCUT2D eigenvalue weighted by Crippen LogP contribution is -2.40. The zero-order valence-electron chi connectivity index (χ0n) is 9.71. The highest BCUT2D eigenvalue weighted by molar-refractivity contribution is 4.77. The minimum absolute atomic E-state index is 0.125. The van der Waals surface area contributed by atoms with Crippen molar-refractivity contribution in [2.75, 3.05) is 13.1 Å². The molecule has 0 aromatic rings. The Labute approximate surface area is 88.3 Å². The monoisotopic (exact) mass is 199 g/mol. The van der Waals surface area contributed by atoms with Crippen molar-refractivity contribution >= 4 is 0 Å². The highest BCUT2D eigenvalue weighted by Crippen LogP contribution is 2.21. The van der Waals surface area contributed by atoms with E-state index in [4.69, 9.17) is 0 Å². The molecule has 0 bridgehead atoms. The molecule has 2 nitrogen and oxygen atoms in total. The van der Waals surface area contributed by atoms with Crippen molar-refractivity contribution in [3.8, 4) is 0 Å². The van der Waals surface area contributed by atoms with Crippen LogP contribution in [0.15, 0.2) is 0 Å². The summed E-state index contributed by atoms with van der Waals surface area (Å²) in [6, 6.07) is 0.748. The van der Waals surface area contributed by atoms with Crippen LogP contribution in [0.2, 0.25) is 0 Å². The fourth-order valence-corrected chi connectivity index (χ4v) is 2.40. The first kappa shape index (κ1) is 12.0. The fourth-order valence-electron chi connectivity index (χ4n) is 2.40. The third kappa shape index (κ3) is 3.97. The fraction of sp³-hybridized carbons (Fsp3) is 1.00. The van der Waals surface area contributed by atoms with Crippen LogP contribution in [0, 0.1) is 0 Å². The van der Waals surface area contributed by atoms with E-state index >= 15 is 0 Å². The molecule has 1 N–H and O–H groups in total. The first-order chi connectivity index (χ1) is 6.74. The van der Waals surface area contributed by atoms with Crippen molar-refractivity contribution in [1.29, 1.82) is 0 Å². The lowest BCUT2D eigenvalue weighted by Gasteiger charge is -2.35. The molecular formula is C12H25NO. The summed E-state index contributed by atoms with van der Waals surface area (Å²) in [5.74, 6) is 0. The number of aliphatic hydroxyl groups is 1. The van der Waals surface area contributed by atoms with Gasteiger partial charge in [0.05, 0.1) is 6.10 Å². The van der Waals surface area contributed by atoms with Gasteiger partial charge in [0, 0.05) is 6.04 Å². The Kier molecular flexibility index (Phi) is 5.49. The summed E-state index contributed by atoms with van der Waals surface area (Å²) in [6.45, 7) is 6.66. The van der Waals surface area contributed by atoms with Crippen LogP contribution in [0.3, 0.4) is 0 Å². The topological polar surface area (TPSA) is 23.5 Å². The van der Waals surface area contributed by atoms with Gasteiger partial charge in [-0.2, -0.15) is 0 Å². The molecule has 1 aliphatic rings. The van der Waals surface area contributed by atoms with Crippen LogP contribution in [0.25, 0.3) is 0 Å². The maximum absolute atomic E-state index is 9.28. The van der Waals surface area contributed by atoms with Gasteiger partial charge < -0.3 is 10.0 Å². The Morgan fingerprint density at radius 3 is 2.86 bits per heavy atom. The van der Waals surface area contributed by atoms with Gasteiger partial charge in [0.25, 0.3) is 0 Å². The molecule has 0 aromatic heterocycles. The van der Waals surface area contributed by atoms with Crippen molar-refractivity contribution in [3.63, 3.8) is 0 Å². The van der Waals surface area contributed by atoms with Crippen molar-refractivity contribution in [2.24, 2.45) is 0 Å². The summed E-state index contributed by atoms with van der Waals surface area (Å²) in [6.07, 6.45) is 7.36. The van der Waals surface area contributed by atoms with Crippen LogP contribution in [-0.2, 0) is 0 Å². The zero-order chi connectivity index (χ0) is 10.4. The largest absolute Gasteiger partial charge is 0.393 e. The van der Waals surface area contributed by atoms with E-state index in [2.05, 4.69) is 11.8 Å². The van der Waals surface area contributed by atoms with Crippen LogP contribution in [0.4, 0.5) is 0 Å². The van der Waals surface area contributed by atoms with Crippen molar-refractivity contribution in [2.45, 2.75) is 64.5 Å². The van der Waals surface area contributed by atoms with Crippen LogP contribution in [-0.4, -0.2) is 35.2 Å². The van der Waals surface area contributed by atoms with Gasteiger partial charge in [-0.15, -0.1) is 0 Å². The molecule has 1 saturated heterocycles. The molecule has 14 heavy (non-hydrogen) atoms. The molecular weight excluding hydrogens is 174 g/mol. The SMILES string of the molecule is CCCN1CCCCC1CCC(C)O. The van der Waals surface area contributed by atoms with Crippen LogP contribution >= 0.6 is 0 Å². The molecule has 0 amide bonds. The molecule has 84 valence electrons. The quantitative estimate of drug-likeness (QED) is 0.735. The Bertz CT molecular complexity index is 145. The molecule has 1 aliphatic heterocycles. The molecule has 0 aliphatic carbocycles. The third-order valence-electron chi connectivity index (χ3n) is 3.18. The summed E-state index contributed by atoms with van der Waals surface area (Å²) in [5, 5.41) is 9.28. The molecule has 0 saturated carbocycles. The Hall–Kier alpha value is -0.0800. The average Bonchev–Trinajstić information content (AvgIpc) is 2.17. The second-order valence-corrected chi connectivity index (χ2v) is 4.61. The average molecular weight is 199 g/mol. The Balaban J connectivity index is 2.30. The van der Waals surface area contributed by atoms with Crippen molar-refractivity contribution in [1.82, 2.24) is 4.90 Å². The van der Waals surface area contributed by atoms with Gasteiger partial charge in [0.2, 0.25) is 0 Å². The van der Waals surface area contributed by atoms with Crippen molar-refractivity contribution < 1.29 is 5.11 Å². The van der Waals surface area contributed by atoms with E-state index in [0.717, 1.165) is 12.5 Å². The van der Waals surface area contributed by atoms with Crippen LogP contribution in [0.5, 0.6) is 0 Å². The lowest BCUT2D eigenvalue weighted by atomic mass is 9.96. The summed E-state index contributed by atoms with van der Waals surface area (Å²) < 4.78 is 0. The highest BCUT2D eigenvalue weighted by atomic mass is 16.3. The van der Waals surface area contributed by atoms with Crippen LogP contribution in [0.1, 0.15) is 52.4 Å². The molecule has 1 rings (SSSR count). The van der Waals surface area contributed by atoms with E-state index < -0.39 is 0 Å². The molecule has 2 unspecified atom stereocenters. The van der Waals surface area contributed by atoms with Crippen LogP contribution < -0.4 is 0 Å². The van der Waals surface area contributed by atoms with Gasteiger partial charge in [-0.3, -0.25) is 0 Å². The summed E-state index contributed by atoms with van der Waals surface area (Å²) >= 11 is 0. The number of rotatable bonds is 5. The van der Waals surface area contributed by atoms with Gasteiger partial charge in [-0.05, 0) is 52.1 Å². The van der Waals surface area contributed by atoms with Crippen molar-refractivity contribution in [3.05, 3.63) is 0 Å². The van der Waals surface area contributed by atoms with E-state index in [1.54, 1.807) is 0 Å². The number of aliphatic hydroxyl groups excluding tert-OH is 1. The third-order valence-corrected chi connectivity index (χ3v) is 3.18. The highest BCUT2D eigenvalue weighted by Gasteiger charge is 2.21. The Morgan fingerprint density at radius 1 is 1.43 bits per heavy atom. The smallest absolute Gasteiger partial charge is 0.0512 e. The van der Waals surface area contributed by atoms with Gasteiger partial charge in [-0.1, -0.05) is 13.3 Å². The number of hydrogen-bond donors (Lipinski definition) is 1. The summed E-state index contributed by atoms with van der Waals surface area (Å²) in [5.41, 5.74) is 0. The maximum Gasteiger partial charge on any atom is 0.0512 e. The lowest BCUT2D eigenvalue weighted by molar-refractivity contribution is 0.114. The molecule has 2 atom stereocenters. The molecule has 1 fully saturated rings. The normalized spacial score (nSPS) is 26.4. The number of hydrogen-bond acceptors (Lipinski definition) is 2. The molecule has 2 heteroatoms. The standard InChI is InChI=1S/C12H25NO/c1-3-9-13-10-5-4-6-12(13)8-7-11(2)14/h11-12,14H,3-10H2,1-2H3. The molecule has 0 aromatic carbocycles. The van der Waals surface area contributed by atoms with Gasteiger partial charge >= 0.3 is 0 Å². The molecule has 0 spiro atoms. The second-order valence-electron chi connectivity index (χ2n) is 4.61. The molecule has 1 heterocycles. The minimum atomic E-state index is -0.125. The van der Waals surface area contributed by atoms with E-state index in [1.807, 2.05) is 6.92 Å². The second kappa shape index (κ2) is 6.41. The van der Waals surface area contributed by atoms with Gasteiger partial charge in [0.15, 0.2) is 0 Å². The first-order valence-corrected chi connectivity index (χ1v) is 6.16. The van der Waals surface area contributed by atoms with E-state index in [-0.39, 0.29) is 6.10 Å². The first-order valence-electron chi connectivity index (χ1n) is 6.16. The Morgan fingerprint density at radius 2 is 2.21 bits per heavy atom. The summed E-state index contributed by atoms with van der Waals surface area (Å²) in [4.78, 5) is 2.62. The predicted molar refractivity (Wildman–Crippen MR) is 60.4 cm³/mol. The van der Waals surface area contributed by atoms with Gasteiger partial charge in [0.1, 0.15) is 0 Å². The minimum Gasteiger partial charge on any atom is -0.393 e. The van der Waals surface area contributed by atoms with Gasteiger partial charge in [-0.25, -0.2) is 0 Å².